The molecule has 0 saturated heterocycles. The second kappa shape index (κ2) is 9.18. The van der Waals surface area contributed by atoms with Crippen molar-refractivity contribution in [2.45, 2.75) is 19.4 Å². The normalized spacial score (nSPS) is 11.9. The summed E-state index contributed by atoms with van der Waals surface area (Å²) in [5.41, 5.74) is 4.25. The number of aryl methyl sites for hydroxylation is 2. The monoisotopic (exact) mass is 432 g/mol. The molecule has 0 aliphatic rings. The van der Waals surface area contributed by atoms with Crippen molar-refractivity contribution < 1.29 is 14.3 Å². The fraction of sp³-hybridized carbons (Fsp3) is 0.200. The van der Waals surface area contributed by atoms with Gasteiger partial charge >= 0.3 is 5.97 Å². The number of rotatable bonds is 7. The van der Waals surface area contributed by atoms with Crippen LogP contribution in [0, 0.1) is 6.92 Å². The van der Waals surface area contributed by atoms with Gasteiger partial charge in [-0.1, -0.05) is 60.2 Å². The lowest BCUT2D eigenvalue weighted by Crippen LogP contribution is -2.33. The van der Waals surface area contributed by atoms with Crippen LogP contribution in [0.2, 0.25) is 0 Å². The molecule has 0 spiro atoms. The maximum absolute atomic E-state index is 13.0. The summed E-state index contributed by atoms with van der Waals surface area (Å²) in [6.07, 6.45) is -0.313. The summed E-state index contributed by atoms with van der Waals surface area (Å²) in [5.74, 6) is -0.848. The number of carbonyl (C=O) groups is 2. The minimum absolute atomic E-state index is 0.329. The van der Waals surface area contributed by atoms with Crippen LogP contribution in [0.5, 0.6) is 0 Å². The maximum Gasteiger partial charge on any atom is 0.356 e. The standard InChI is InChI=1S/C25H24N2O3S/c1-17-8-10-19(11-9-17)23(24(28)26-14-12-18-6-4-3-5-7-18)30-25(29)21-16-22-20(27(21)2)13-15-31-22/h3-11,13,15-16,23H,12,14H2,1-2H3,(H,26,28)/t23-/m0/s1. The Morgan fingerprint density at radius 3 is 2.52 bits per heavy atom. The minimum Gasteiger partial charge on any atom is -0.443 e. The fourth-order valence-corrected chi connectivity index (χ4v) is 4.34. The van der Waals surface area contributed by atoms with Crippen molar-refractivity contribution in [3.8, 4) is 0 Å². The topological polar surface area (TPSA) is 60.3 Å². The molecule has 1 amide bonds. The molecule has 4 aromatic rings. The molecule has 0 aliphatic carbocycles. The van der Waals surface area contributed by atoms with E-state index in [1.54, 1.807) is 15.9 Å². The number of thiophene rings is 1. The van der Waals surface area contributed by atoms with E-state index in [0.717, 1.165) is 21.3 Å². The van der Waals surface area contributed by atoms with Gasteiger partial charge in [0.05, 0.1) is 10.2 Å². The first-order valence-corrected chi connectivity index (χ1v) is 11.0. The zero-order chi connectivity index (χ0) is 21.8. The van der Waals surface area contributed by atoms with Crippen LogP contribution in [0.25, 0.3) is 10.2 Å². The molecule has 1 atom stereocenters. The number of nitrogens with zero attached hydrogens (tertiary/aromatic N) is 1. The molecule has 1 N–H and O–H groups in total. The van der Waals surface area contributed by atoms with Crippen LogP contribution in [-0.2, 0) is 23.0 Å². The molecule has 6 heteroatoms. The van der Waals surface area contributed by atoms with Crippen LogP contribution in [0.3, 0.4) is 0 Å². The van der Waals surface area contributed by atoms with Crippen molar-refractivity contribution in [3.05, 3.63) is 94.5 Å². The summed E-state index contributed by atoms with van der Waals surface area (Å²) < 4.78 is 8.55. The molecule has 0 radical (unpaired) electrons. The Bertz CT molecular complexity index is 1190. The van der Waals surface area contributed by atoms with Crippen LogP contribution < -0.4 is 5.32 Å². The van der Waals surface area contributed by atoms with Gasteiger partial charge in [-0.05, 0) is 36.4 Å². The minimum atomic E-state index is -1.02. The number of ether oxygens (including phenoxy) is 1. The number of hydrogen-bond donors (Lipinski definition) is 1. The molecule has 0 unspecified atom stereocenters. The number of amides is 1. The number of carbonyl (C=O) groups excluding carboxylic acids is 2. The van der Waals surface area contributed by atoms with Crippen LogP contribution in [0.1, 0.15) is 33.3 Å². The summed E-state index contributed by atoms with van der Waals surface area (Å²) in [6, 6.07) is 21.2. The second-order valence-corrected chi connectivity index (χ2v) is 8.43. The lowest BCUT2D eigenvalue weighted by Gasteiger charge is -2.18. The summed E-state index contributed by atoms with van der Waals surface area (Å²) in [5, 5.41) is 4.90. The van der Waals surface area contributed by atoms with Gasteiger partial charge in [0.2, 0.25) is 6.10 Å². The number of hydrogen-bond acceptors (Lipinski definition) is 4. The lowest BCUT2D eigenvalue weighted by atomic mass is 10.1. The first-order chi connectivity index (χ1) is 15.0. The van der Waals surface area contributed by atoms with Gasteiger partial charge in [-0.2, -0.15) is 0 Å². The zero-order valence-corrected chi connectivity index (χ0v) is 18.3. The van der Waals surface area contributed by atoms with Gasteiger partial charge in [0.1, 0.15) is 5.69 Å². The molecule has 0 saturated carbocycles. The third kappa shape index (κ3) is 4.70. The number of benzene rings is 2. The SMILES string of the molecule is Cc1ccc([C@H](OC(=O)c2cc3sccc3n2C)C(=O)NCCc2ccccc2)cc1. The molecule has 31 heavy (non-hydrogen) atoms. The zero-order valence-electron chi connectivity index (χ0n) is 17.5. The average Bonchev–Trinajstić information content (AvgIpc) is 3.36. The van der Waals surface area contributed by atoms with Crippen molar-refractivity contribution >= 4 is 33.4 Å². The number of esters is 1. The maximum atomic E-state index is 13.0. The fourth-order valence-electron chi connectivity index (χ4n) is 3.49. The van der Waals surface area contributed by atoms with Gasteiger partial charge in [-0.3, -0.25) is 4.79 Å². The third-order valence-corrected chi connectivity index (χ3v) is 6.12. The van der Waals surface area contributed by atoms with Crippen molar-refractivity contribution in [1.29, 1.82) is 0 Å². The summed E-state index contributed by atoms with van der Waals surface area (Å²) in [4.78, 5) is 26.0. The van der Waals surface area contributed by atoms with Gasteiger partial charge < -0.3 is 14.6 Å². The van der Waals surface area contributed by atoms with Crippen LogP contribution >= 0.6 is 11.3 Å². The molecule has 0 fully saturated rings. The summed E-state index contributed by atoms with van der Waals surface area (Å²) in [6.45, 7) is 2.43. The molecule has 5 nitrogen and oxygen atoms in total. The van der Waals surface area contributed by atoms with E-state index < -0.39 is 12.1 Å². The van der Waals surface area contributed by atoms with Crippen molar-refractivity contribution in [2.75, 3.05) is 6.54 Å². The highest BCUT2D eigenvalue weighted by Crippen LogP contribution is 2.26. The first-order valence-electron chi connectivity index (χ1n) is 10.1. The van der Waals surface area contributed by atoms with Gasteiger partial charge in [-0.15, -0.1) is 11.3 Å². The third-order valence-electron chi connectivity index (χ3n) is 5.27. The van der Waals surface area contributed by atoms with Crippen LogP contribution in [-0.4, -0.2) is 23.0 Å². The summed E-state index contributed by atoms with van der Waals surface area (Å²) in [7, 11) is 1.83. The highest BCUT2D eigenvalue weighted by molar-refractivity contribution is 7.17. The first kappa shape index (κ1) is 20.9. The highest BCUT2D eigenvalue weighted by atomic mass is 32.1. The Morgan fingerprint density at radius 2 is 1.81 bits per heavy atom. The predicted molar refractivity (Wildman–Crippen MR) is 123 cm³/mol. The average molecular weight is 433 g/mol. The van der Waals surface area contributed by atoms with E-state index in [1.807, 2.05) is 86.1 Å². The quantitative estimate of drug-likeness (QED) is 0.427. The van der Waals surface area contributed by atoms with Gasteiger partial charge in [0.15, 0.2) is 0 Å². The van der Waals surface area contributed by atoms with E-state index in [-0.39, 0.29) is 5.91 Å². The van der Waals surface area contributed by atoms with Crippen molar-refractivity contribution in [1.82, 2.24) is 9.88 Å². The van der Waals surface area contributed by atoms with E-state index in [9.17, 15) is 9.59 Å². The highest BCUT2D eigenvalue weighted by Gasteiger charge is 2.27. The Kier molecular flexibility index (Phi) is 6.18. The smallest absolute Gasteiger partial charge is 0.356 e. The molecule has 158 valence electrons. The number of fused-ring (bicyclic) bond motifs is 1. The molecule has 2 aromatic heterocycles. The molecular formula is C25H24N2O3S. The van der Waals surface area contributed by atoms with E-state index in [1.165, 1.54) is 0 Å². The molecular weight excluding hydrogens is 408 g/mol. The van der Waals surface area contributed by atoms with E-state index >= 15 is 0 Å². The Balaban J connectivity index is 1.51. The van der Waals surface area contributed by atoms with E-state index in [2.05, 4.69) is 5.32 Å². The van der Waals surface area contributed by atoms with E-state index in [0.29, 0.717) is 24.2 Å². The van der Waals surface area contributed by atoms with Crippen molar-refractivity contribution in [3.63, 3.8) is 0 Å². The molecule has 0 aliphatic heterocycles. The molecule has 2 heterocycles. The van der Waals surface area contributed by atoms with Crippen LogP contribution in [0.4, 0.5) is 0 Å². The Morgan fingerprint density at radius 1 is 1.06 bits per heavy atom. The van der Waals surface area contributed by atoms with Gasteiger partial charge in [0, 0.05) is 19.2 Å². The summed E-state index contributed by atoms with van der Waals surface area (Å²) >= 11 is 1.56. The molecule has 4 rings (SSSR count). The second-order valence-electron chi connectivity index (χ2n) is 7.48. The van der Waals surface area contributed by atoms with Gasteiger partial charge in [0.25, 0.3) is 5.91 Å². The van der Waals surface area contributed by atoms with E-state index in [4.69, 9.17) is 4.74 Å². The largest absolute Gasteiger partial charge is 0.443 e. The predicted octanol–water partition coefficient (Wildman–Crippen LogP) is 4.81. The molecule has 2 aromatic carbocycles. The number of aromatic nitrogens is 1. The van der Waals surface area contributed by atoms with Crippen molar-refractivity contribution in [2.24, 2.45) is 7.05 Å². The van der Waals surface area contributed by atoms with Crippen LogP contribution in [0.15, 0.2) is 72.1 Å². The number of nitrogens with one attached hydrogen (secondary N) is 1. The Labute approximate surface area is 185 Å². The van der Waals surface area contributed by atoms with Gasteiger partial charge in [-0.25, -0.2) is 4.79 Å². The lowest BCUT2D eigenvalue weighted by molar-refractivity contribution is -0.130. The molecule has 0 bridgehead atoms. The Hall–Kier alpha value is -3.38.